The summed E-state index contributed by atoms with van der Waals surface area (Å²) in [5.74, 6) is -0.804. The molecule has 0 atom stereocenters. The smallest absolute Gasteiger partial charge is 0.335 e. The molecule has 0 fully saturated rings. The summed E-state index contributed by atoms with van der Waals surface area (Å²) in [5, 5.41) is 18.7. The Bertz CT molecular complexity index is 1140. The van der Waals surface area contributed by atoms with Gasteiger partial charge in [-0.3, -0.25) is 9.48 Å². The number of aromatic carboxylic acids is 1. The van der Waals surface area contributed by atoms with Crippen molar-refractivity contribution in [3.05, 3.63) is 65.9 Å². The third-order valence-electron chi connectivity index (χ3n) is 4.37. The predicted molar refractivity (Wildman–Crippen MR) is 103 cm³/mol. The van der Waals surface area contributed by atoms with Gasteiger partial charge in [0.2, 0.25) is 0 Å². The van der Waals surface area contributed by atoms with Crippen molar-refractivity contribution in [3.63, 3.8) is 0 Å². The van der Waals surface area contributed by atoms with Gasteiger partial charge in [0.15, 0.2) is 0 Å². The number of hydrogen-bond donors (Lipinski definition) is 1. The first-order valence-electron chi connectivity index (χ1n) is 8.45. The minimum Gasteiger partial charge on any atom is -0.478 e. The first kappa shape index (κ1) is 17.5. The number of aromatic nitrogens is 2. The molecule has 0 unspecified atom stereocenters. The van der Waals surface area contributed by atoms with Crippen LogP contribution in [0.25, 0.3) is 17.2 Å². The maximum absolute atomic E-state index is 12.8. The lowest BCUT2D eigenvalue weighted by molar-refractivity contribution is -0.114. The molecule has 2 aromatic heterocycles. The number of carboxylic acids is 1. The number of nitrogens with zero attached hydrogens (tertiary/aromatic N) is 4. The van der Waals surface area contributed by atoms with Crippen LogP contribution in [0, 0.1) is 0 Å². The zero-order valence-corrected chi connectivity index (χ0v) is 15.2. The van der Waals surface area contributed by atoms with E-state index in [1.807, 2.05) is 19.3 Å². The van der Waals surface area contributed by atoms with Crippen molar-refractivity contribution in [2.75, 3.05) is 5.01 Å². The molecule has 140 valence electrons. The van der Waals surface area contributed by atoms with Crippen molar-refractivity contribution >= 4 is 29.4 Å². The van der Waals surface area contributed by atoms with Gasteiger partial charge in [-0.15, -0.1) is 0 Å². The molecule has 0 saturated heterocycles. The molecule has 28 heavy (non-hydrogen) atoms. The SMILES string of the molecule is CC1=NN(c2ccc(C(=O)O)cc2)C(=O)C1=Cc1cc(-c2cnn(C)c2)co1. The molecule has 1 amide bonds. The van der Waals surface area contributed by atoms with E-state index >= 15 is 0 Å². The molecule has 1 aromatic carbocycles. The summed E-state index contributed by atoms with van der Waals surface area (Å²) in [5.41, 5.74) is 3.37. The zero-order valence-electron chi connectivity index (χ0n) is 15.2. The molecule has 1 aliphatic rings. The Balaban J connectivity index is 1.59. The maximum atomic E-state index is 12.8. The van der Waals surface area contributed by atoms with Gasteiger partial charge in [-0.25, -0.2) is 4.79 Å². The fourth-order valence-corrected chi connectivity index (χ4v) is 2.90. The number of amides is 1. The maximum Gasteiger partial charge on any atom is 0.335 e. The number of carbonyl (C=O) groups is 2. The summed E-state index contributed by atoms with van der Waals surface area (Å²) in [6.45, 7) is 1.74. The summed E-state index contributed by atoms with van der Waals surface area (Å²) in [4.78, 5) is 23.8. The van der Waals surface area contributed by atoms with Gasteiger partial charge in [0.25, 0.3) is 5.91 Å². The van der Waals surface area contributed by atoms with Crippen LogP contribution in [0.2, 0.25) is 0 Å². The predicted octanol–water partition coefficient (Wildman–Crippen LogP) is 3.18. The monoisotopic (exact) mass is 376 g/mol. The number of rotatable bonds is 4. The topological polar surface area (TPSA) is 101 Å². The molecule has 3 heterocycles. The number of anilines is 1. The molecule has 0 bridgehead atoms. The van der Waals surface area contributed by atoms with Crippen LogP contribution in [0.15, 0.2) is 64.1 Å². The highest BCUT2D eigenvalue weighted by Crippen LogP contribution is 2.27. The fourth-order valence-electron chi connectivity index (χ4n) is 2.90. The number of carboxylic acid groups (broad SMARTS) is 1. The van der Waals surface area contributed by atoms with Crippen molar-refractivity contribution in [2.24, 2.45) is 12.1 Å². The average Bonchev–Trinajstić information content (AvgIpc) is 3.38. The molecule has 8 nitrogen and oxygen atoms in total. The molecule has 1 aliphatic heterocycles. The summed E-state index contributed by atoms with van der Waals surface area (Å²) in [6.07, 6.45) is 6.86. The highest BCUT2D eigenvalue weighted by atomic mass is 16.4. The van der Waals surface area contributed by atoms with Crippen molar-refractivity contribution in [2.45, 2.75) is 6.92 Å². The van der Waals surface area contributed by atoms with Gasteiger partial charge in [0, 0.05) is 24.4 Å². The van der Waals surface area contributed by atoms with Crippen LogP contribution in [-0.2, 0) is 11.8 Å². The van der Waals surface area contributed by atoms with E-state index < -0.39 is 5.97 Å². The molecule has 0 saturated carbocycles. The molecular weight excluding hydrogens is 360 g/mol. The van der Waals surface area contributed by atoms with E-state index in [-0.39, 0.29) is 11.5 Å². The van der Waals surface area contributed by atoms with Gasteiger partial charge in [-0.1, -0.05) is 0 Å². The van der Waals surface area contributed by atoms with Crippen LogP contribution in [0.5, 0.6) is 0 Å². The van der Waals surface area contributed by atoms with Gasteiger partial charge in [-0.2, -0.15) is 15.2 Å². The number of hydrogen-bond acceptors (Lipinski definition) is 5. The van der Waals surface area contributed by atoms with Crippen LogP contribution in [0.3, 0.4) is 0 Å². The largest absolute Gasteiger partial charge is 0.478 e. The molecule has 0 radical (unpaired) electrons. The van der Waals surface area contributed by atoms with E-state index in [1.165, 1.54) is 17.1 Å². The lowest BCUT2D eigenvalue weighted by Gasteiger charge is -2.11. The van der Waals surface area contributed by atoms with Crippen molar-refractivity contribution in [1.29, 1.82) is 0 Å². The van der Waals surface area contributed by atoms with Gasteiger partial charge in [-0.05, 0) is 43.3 Å². The fraction of sp³-hybridized carbons (Fsp3) is 0.100. The lowest BCUT2D eigenvalue weighted by atomic mass is 10.1. The van der Waals surface area contributed by atoms with Crippen LogP contribution in [0.4, 0.5) is 5.69 Å². The molecule has 0 spiro atoms. The van der Waals surface area contributed by atoms with Crippen LogP contribution in [0.1, 0.15) is 23.0 Å². The van der Waals surface area contributed by atoms with Crippen molar-refractivity contribution in [1.82, 2.24) is 9.78 Å². The molecular formula is C20H16N4O4. The number of benzene rings is 1. The second-order valence-electron chi connectivity index (χ2n) is 6.35. The molecule has 1 N–H and O–H groups in total. The van der Waals surface area contributed by atoms with Crippen LogP contribution in [-0.4, -0.2) is 32.5 Å². The number of furan rings is 1. The molecule has 3 aromatic rings. The second kappa shape index (κ2) is 6.66. The summed E-state index contributed by atoms with van der Waals surface area (Å²) >= 11 is 0. The Morgan fingerprint density at radius 3 is 2.61 bits per heavy atom. The minimum absolute atomic E-state index is 0.144. The third-order valence-corrected chi connectivity index (χ3v) is 4.37. The number of carbonyl (C=O) groups excluding carboxylic acids is 1. The quantitative estimate of drug-likeness (QED) is 0.705. The number of hydrazone groups is 1. The zero-order chi connectivity index (χ0) is 19.8. The molecule has 4 rings (SSSR count). The highest BCUT2D eigenvalue weighted by Gasteiger charge is 2.29. The van der Waals surface area contributed by atoms with E-state index in [1.54, 1.807) is 42.3 Å². The summed E-state index contributed by atoms with van der Waals surface area (Å²) in [7, 11) is 1.83. The highest BCUT2D eigenvalue weighted by molar-refractivity contribution is 6.32. The Kier molecular flexibility index (Phi) is 4.15. The Labute approximate surface area is 160 Å². The van der Waals surface area contributed by atoms with E-state index in [0.717, 1.165) is 11.1 Å². The second-order valence-corrected chi connectivity index (χ2v) is 6.35. The van der Waals surface area contributed by atoms with Gasteiger partial charge in [0.05, 0.1) is 35.0 Å². The van der Waals surface area contributed by atoms with Gasteiger partial charge in [0.1, 0.15) is 5.76 Å². The minimum atomic E-state index is -1.03. The first-order chi connectivity index (χ1) is 13.4. The van der Waals surface area contributed by atoms with Crippen LogP contribution < -0.4 is 5.01 Å². The molecule has 8 heteroatoms. The third kappa shape index (κ3) is 3.11. The summed E-state index contributed by atoms with van der Waals surface area (Å²) < 4.78 is 7.27. The van der Waals surface area contributed by atoms with Crippen LogP contribution >= 0.6 is 0 Å². The van der Waals surface area contributed by atoms with Gasteiger partial charge >= 0.3 is 5.97 Å². The van der Waals surface area contributed by atoms with E-state index in [9.17, 15) is 9.59 Å². The van der Waals surface area contributed by atoms with Crippen molar-refractivity contribution < 1.29 is 19.1 Å². The Hall–Kier alpha value is -3.94. The normalized spacial score (nSPS) is 15.4. The summed E-state index contributed by atoms with van der Waals surface area (Å²) in [6, 6.07) is 7.80. The van der Waals surface area contributed by atoms with E-state index in [4.69, 9.17) is 9.52 Å². The first-order valence-corrected chi connectivity index (χ1v) is 8.45. The van der Waals surface area contributed by atoms with E-state index in [0.29, 0.717) is 22.7 Å². The van der Waals surface area contributed by atoms with Gasteiger partial charge < -0.3 is 9.52 Å². The standard InChI is InChI=1S/C20H16N4O4/c1-12-18(8-17-7-14(11-28-17)15-9-21-23(2)10-15)19(25)24(22-12)16-5-3-13(4-6-16)20(26)27/h3-11H,1-2H3,(H,26,27). The Morgan fingerprint density at radius 2 is 1.96 bits per heavy atom. The van der Waals surface area contributed by atoms with E-state index in [2.05, 4.69) is 10.2 Å². The Morgan fingerprint density at radius 1 is 1.21 bits per heavy atom. The lowest BCUT2D eigenvalue weighted by Crippen LogP contribution is -2.21. The number of aryl methyl sites for hydroxylation is 1. The average molecular weight is 376 g/mol. The molecule has 0 aliphatic carbocycles. The van der Waals surface area contributed by atoms with Crippen molar-refractivity contribution in [3.8, 4) is 11.1 Å².